The van der Waals surface area contributed by atoms with Gasteiger partial charge in [0.2, 0.25) is 17.2 Å². The molecule has 3 unspecified atom stereocenters. The molecule has 6 fully saturated rings. The third-order valence-corrected chi connectivity index (χ3v) is 14.9. The number of nitrogens with one attached hydrogen (secondary N) is 2. The Morgan fingerprint density at radius 3 is 1.29 bits per heavy atom. The number of halogens is 1. The van der Waals surface area contributed by atoms with Gasteiger partial charge in [0, 0.05) is 81.7 Å². The molecule has 3 spiro atoms. The number of rotatable bonds is 5. The largest absolute Gasteiger partial charge is 0.444 e. The highest BCUT2D eigenvalue weighted by Gasteiger charge is 2.47. The number of carbonyl (C=O) groups is 2. The van der Waals surface area contributed by atoms with Crippen LogP contribution in [-0.2, 0) is 9.47 Å². The maximum atomic E-state index is 12.4. The van der Waals surface area contributed by atoms with E-state index in [1.54, 1.807) is 4.68 Å². The SMILES string of the molecule is CC(C)(C)OC(=O)N1CCC2(CCN(c3nnnn3-c3ccccc3)C2)C1.CC(C)(C)OC(=O)N1CCC2(CCNC2)C1.Clc1nnnn1-c1ccccc1.c1ccc(-n2nnnc2N2CCC3(CCNC3)C2)cc1. The van der Waals surface area contributed by atoms with Crippen molar-refractivity contribution in [2.45, 2.75) is 91.3 Å². The van der Waals surface area contributed by atoms with Gasteiger partial charge in [0.25, 0.3) is 0 Å². The van der Waals surface area contributed by atoms with Crippen molar-refractivity contribution < 1.29 is 19.1 Å². The Bertz CT molecular complexity index is 2790. The summed E-state index contributed by atoms with van der Waals surface area (Å²) >= 11 is 5.70. The average Bonchev–Trinajstić information content (AvgIpc) is 4.26. The lowest BCUT2D eigenvalue weighted by Crippen LogP contribution is -2.38. The summed E-state index contributed by atoms with van der Waals surface area (Å²) in [5, 5.41) is 42.4. The molecule has 2 amide bonds. The quantitative estimate of drug-likeness (QED) is 0.194. The van der Waals surface area contributed by atoms with E-state index >= 15 is 0 Å². The minimum Gasteiger partial charge on any atom is -0.444 e. The molecule has 3 aromatic carbocycles. The molecule has 3 aromatic heterocycles. The lowest BCUT2D eigenvalue weighted by Gasteiger charge is -2.27. The molecule has 2 N–H and O–H groups in total. The Balaban J connectivity index is 0.000000128. The standard InChI is InChI=1S/C19H26N6O2.C14H18N6.C12H22N2O2.C7H5ClN4/c1-18(2,3)27-17(26)24-12-10-19(14-24)9-11-23(13-19)16-20-21-22-25(16)15-7-5-4-6-8-15;1-2-4-12(5-3-1)20-13(16-17-18-20)19-9-7-14(11-19)6-8-15-10-14;1-11(2,3)16-10(15)14-7-5-12(9-14)4-6-13-8-12;8-7-9-10-11-12(7)6-4-2-1-3-5-6/h4-8H,9-14H2,1-3H3;1-5,15H,6-11H2;13H,4-9H2,1-3H3;1-5H. The van der Waals surface area contributed by atoms with E-state index in [0.717, 1.165) is 127 Å². The van der Waals surface area contributed by atoms with Crippen LogP contribution in [0.2, 0.25) is 5.28 Å². The number of benzene rings is 3. The van der Waals surface area contributed by atoms with Crippen LogP contribution in [0.15, 0.2) is 91.0 Å². The second-order valence-electron chi connectivity index (χ2n) is 22.6. The van der Waals surface area contributed by atoms with E-state index in [4.69, 9.17) is 21.1 Å². The highest BCUT2D eigenvalue weighted by molar-refractivity contribution is 6.28. The second-order valence-corrected chi connectivity index (χ2v) is 23.0. The summed E-state index contributed by atoms with van der Waals surface area (Å²) in [4.78, 5) is 32.5. The molecule has 75 heavy (non-hydrogen) atoms. The van der Waals surface area contributed by atoms with Crippen molar-refractivity contribution in [2.75, 3.05) is 88.3 Å². The fourth-order valence-electron chi connectivity index (χ4n) is 10.8. The Kier molecular flexibility index (Phi) is 16.0. The minimum absolute atomic E-state index is 0.0877. The van der Waals surface area contributed by atoms with Crippen molar-refractivity contribution in [3.63, 3.8) is 0 Å². The summed E-state index contributed by atoms with van der Waals surface area (Å²) in [5.41, 5.74) is 2.80. The average molecular weight is 1050 g/mol. The van der Waals surface area contributed by atoms with Crippen LogP contribution in [0, 0.1) is 16.2 Å². The first-order chi connectivity index (χ1) is 36.0. The first-order valence-electron chi connectivity index (χ1n) is 26.0. The number of hydrogen-bond donors (Lipinski definition) is 2. The highest BCUT2D eigenvalue weighted by Crippen LogP contribution is 2.42. The van der Waals surface area contributed by atoms with Crippen LogP contribution in [0.5, 0.6) is 0 Å². The zero-order chi connectivity index (χ0) is 52.7. The van der Waals surface area contributed by atoms with Crippen LogP contribution >= 0.6 is 11.6 Å². The first-order valence-corrected chi connectivity index (χ1v) is 26.4. The van der Waals surface area contributed by atoms with Crippen LogP contribution in [0.4, 0.5) is 21.5 Å². The summed E-state index contributed by atoms with van der Waals surface area (Å²) in [6.07, 6.45) is 6.41. The summed E-state index contributed by atoms with van der Waals surface area (Å²) in [6, 6.07) is 29.4. The van der Waals surface area contributed by atoms with Gasteiger partial charge in [-0.3, -0.25) is 0 Å². The maximum Gasteiger partial charge on any atom is 0.410 e. The Morgan fingerprint density at radius 2 is 0.867 bits per heavy atom. The number of anilines is 2. The second kappa shape index (κ2) is 22.6. The predicted octanol–water partition coefficient (Wildman–Crippen LogP) is 6.27. The minimum atomic E-state index is -0.466. The van der Waals surface area contributed by atoms with E-state index in [9.17, 15) is 9.59 Å². The van der Waals surface area contributed by atoms with Gasteiger partial charge in [0.1, 0.15) is 11.2 Å². The molecule has 0 bridgehead atoms. The molecule has 6 aliphatic heterocycles. The number of para-hydroxylation sites is 3. The molecule has 23 heteroatoms. The zero-order valence-corrected chi connectivity index (χ0v) is 44.8. The van der Waals surface area contributed by atoms with Crippen LogP contribution in [-0.4, -0.2) is 172 Å². The topological polar surface area (TPSA) is 220 Å². The number of aromatic nitrogens is 12. The molecule has 9 heterocycles. The van der Waals surface area contributed by atoms with Crippen molar-refractivity contribution in [1.82, 2.24) is 81.1 Å². The normalized spacial score (nSPS) is 23.0. The van der Waals surface area contributed by atoms with E-state index in [2.05, 4.69) is 67.0 Å². The van der Waals surface area contributed by atoms with Gasteiger partial charge in [0.05, 0.1) is 17.1 Å². The summed E-state index contributed by atoms with van der Waals surface area (Å²) in [6.45, 7) is 22.8. The molecule has 6 aliphatic rings. The van der Waals surface area contributed by atoms with Crippen LogP contribution in [0.25, 0.3) is 17.1 Å². The van der Waals surface area contributed by atoms with Gasteiger partial charge < -0.3 is 39.7 Å². The van der Waals surface area contributed by atoms with E-state index < -0.39 is 5.60 Å². The summed E-state index contributed by atoms with van der Waals surface area (Å²) in [5.74, 6) is 1.62. The molecule has 0 aliphatic carbocycles. The number of tetrazole rings is 3. The lowest BCUT2D eigenvalue weighted by molar-refractivity contribution is 0.0266. The summed E-state index contributed by atoms with van der Waals surface area (Å²) < 4.78 is 16.0. The van der Waals surface area contributed by atoms with Gasteiger partial charge in [-0.25, -0.2) is 9.59 Å². The molecule has 6 aromatic rings. The molecular formula is C52H71ClN18O4. The van der Waals surface area contributed by atoms with E-state index in [-0.39, 0.29) is 28.5 Å². The Labute approximate surface area is 443 Å². The number of likely N-dealkylation sites (tertiary alicyclic amines) is 2. The van der Waals surface area contributed by atoms with Gasteiger partial charge in [-0.1, -0.05) is 69.9 Å². The monoisotopic (exact) mass is 1050 g/mol. The Hall–Kier alpha value is -6.78. The fraction of sp³-hybridized carbons (Fsp3) is 0.558. The number of carbonyl (C=O) groups excluding carboxylic acids is 2. The third kappa shape index (κ3) is 13.2. The lowest BCUT2D eigenvalue weighted by atomic mass is 9.86. The van der Waals surface area contributed by atoms with E-state index in [0.29, 0.717) is 10.8 Å². The number of amides is 2. The molecule has 12 rings (SSSR count). The highest BCUT2D eigenvalue weighted by atomic mass is 35.5. The van der Waals surface area contributed by atoms with Crippen molar-refractivity contribution in [3.05, 3.63) is 96.3 Å². The third-order valence-electron chi connectivity index (χ3n) is 14.6. The van der Waals surface area contributed by atoms with Crippen LogP contribution in [0.3, 0.4) is 0 Å². The fourth-order valence-corrected chi connectivity index (χ4v) is 11.0. The van der Waals surface area contributed by atoms with Crippen LogP contribution < -0.4 is 20.4 Å². The van der Waals surface area contributed by atoms with Gasteiger partial charge >= 0.3 is 12.2 Å². The number of nitrogens with zero attached hydrogens (tertiary/aromatic N) is 16. The van der Waals surface area contributed by atoms with Crippen molar-refractivity contribution in [1.29, 1.82) is 0 Å². The Morgan fingerprint density at radius 1 is 0.493 bits per heavy atom. The van der Waals surface area contributed by atoms with Crippen molar-refractivity contribution in [3.8, 4) is 17.1 Å². The molecule has 0 saturated carbocycles. The number of ether oxygens (including phenoxy) is 2. The summed E-state index contributed by atoms with van der Waals surface area (Å²) in [7, 11) is 0. The van der Waals surface area contributed by atoms with Crippen molar-refractivity contribution >= 4 is 35.7 Å². The van der Waals surface area contributed by atoms with Crippen molar-refractivity contribution in [2.24, 2.45) is 16.2 Å². The van der Waals surface area contributed by atoms with E-state index in [1.807, 2.05) is 147 Å². The maximum absolute atomic E-state index is 12.4. The van der Waals surface area contributed by atoms with Gasteiger partial charge in [0.15, 0.2) is 0 Å². The smallest absolute Gasteiger partial charge is 0.410 e. The predicted molar refractivity (Wildman–Crippen MR) is 283 cm³/mol. The molecular weight excluding hydrogens is 976 g/mol. The molecule has 22 nitrogen and oxygen atoms in total. The zero-order valence-electron chi connectivity index (χ0n) is 44.1. The number of hydrogen-bond acceptors (Lipinski definition) is 17. The first kappa shape index (κ1) is 53.1. The van der Waals surface area contributed by atoms with Gasteiger partial charge in [-0.2, -0.15) is 14.0 Å². The van der Waals surface area contributed by atoms with Crippen LogP contribution in [0.1, 0.15) is 80.1 Å². The van der Waals surface area contributed by atoms with E-state index in [1.165, 1.54) is 23.9 Å². The molecule has 3 atom stereocenters. The molecule has 6 saturated heterocycles. The van der Waals surface area contributed by atoms with Gasteiger partial charge in [-0.15, -0.1) is 0 Å². The molecule has 0 radical (unpaired) electrons. The van der Waals surface area contributed by atoms with Gasteiger partial charge in [-0.05, 0) is 172 Å². The molecule has 400 valence electrons.